The van der Waals surface area contributed by atoms with Crippen LogP contribution in [0.4, 0.5) is 4.79 Å². The number of carbonyl (C=O) groups excluding carboxylic acids is 1. The molecule has 2 aromatic carbocycles. The van der Waals surface area contributed by atoms with Crippen LogP contribution in [-0.4, -0.2) is 24.7 Å². The van der Waals surface area contributed by atoms with Crippen molar-refractivity contribution in [2.75, 3.05) is 13.7 Å². The molecule has 0 saturated heterocycles. The normalized spacial score (nSPS) is 10.4. The lowest BCUT2D eigenvalue weighted by molar-refractivity contribution is 0.240. The van der Waals surface area contributed by atoms with Gasteiger partial charge in [0, 0.05) is 25.4 Å². The van der Waals surface area contributed by atoms with E-state index in [1.54, 1.807) is 19.4 Å². The third-order valence-electron chi connectivity index (χ3n) is 3.97. The van der Waals surface area contributed by atoms with E-state index in [1.165, 1.54) is 16.3 Å². The quantitative estimate of drug-likeness (QED) is 0.726. The summed E-state index contributed by atoms with van der Waals surface area (Å²) in [5, 5.41) is 8.14. The minimum atomic E-state index is -0.184. The molecular formula is C20H21N3O2. The van der Waals surface area contributed by atoms with E-state index in [0.29, 0.717) is 19.0 Å². The van der Waals surface area contributed by atoms with E-state index < -0.39 is 0 Å². The summed E-state index contributed by atoms with van der Waals surface area (Å²) in [4.78, 5) is 16.0. The summed E-state index contributed by atoms with van der Waals surface area (Å²) in [6.45, 7) is 1.02. The van der Waals surface area contributed by atoms with Gasteiger partial charge in [-0.15, -0.1) is 0 Å². The van der Waals surface area contributed by atoms with Crippen LogP contribution in [0.5, 0.6) is 5.88 Å². The summed E-state index contributed by atoms with van der Waals surface area (Å²) in [5.41, 5.74) is 2.13. The first-order chi connectivity index (χ1) is 12.2. The van der Waals surface area contributed by atoms with Gasteiger partial charge in [-0.3, -0.25) is 0 Å². The second-order valence-corrected chi connectivity index (χ2v) is 5.75. The van der Waals surface area contributed by atoms with Crippen molar-refractivity contribution < 1.29 is 9.53 Å². The van der Waals surface area contributed by atoms with E-state index in [-0.39, 0.29) is 6.03 Å². The molecular weight excluding hydrogens is 314 g/mol. The Morgan fingerprint density at radius 2 is 1.80 bits per heavy atom. The SMILES string of the molecule is COc1ccc(CNC(=O)NCCc2ccc3ccccc3c2)cn1. The monoisotopic (exact) mass is 335 g/mol. The lowest BCUT2D eigenvalue weighted by Gasteiger charge is -2.08. The number of pyridine rings is 1. The Kier molecular flexibility index (Phi) is 5.46. The van der Waals surface area contributed by atoms with Crippen LogP contribution in [0.2, 0.25) is 0 Å². The molecule has 0 saturated carbocycles. The number of fused-ring (bicyclic) bond motifs is 1. The number of rotatable bonds is 6. The van der Waals surface area contributed by atoms with Gasteiger partial charge >= 0.3 is 6.03 Å². The van der Waals surface area contributed by atoms with Gasteiger partial charge in [-0.1, -0.05) is 48.5 Å². The van der Waals surface area contributed by atoms with E-state index in [1.807, 2.05) is 18.2 Å². The Morgan fingerprint density at radius 3 is 2.56 bits per heavy atom. The van der Waals surface area contributed by atoms with Crippen molar-refractivity contribution in [2.24, 2.45) is 0 Å². The highest BCUT2D eigenvalue weighted by atomic mass is 16.5. The molecule has 0 radical (unpaired) electrons. The van der Waals surface area contributed by atoms with E-state index >= 15 is 0 Å². The molecule has 1 heterocycles. The maximum Gasteiger partial charge on any atom is 0.315 e. The topological polar surface area (TPSA) is 63.2 Å². The van der Waals surface area contributed by atoms with Crippen molar-refractivity contribution in [1.29, 1.82) is 0 Å². The fourth-order valence-electron chi connectivity index (χ4n) is 2.60. The van der Waals surface area contributed by atoms with E-state index in [0.717, 1.165) is 12.0 Å². The molecule has 25 heavy (non-hydrogen) atoms. The van der Waals surface area contributed by atoms with Crippen LogP contribution in [0.3, 0.4) is 0 Å². The van der Waals surface area contributed by atoms with Gasteiger partial charge in [0.05, 0.1) is 7.11 Å². The van der Waals surface area contributed by atoms with Gasteiger partial charge in [-0.05, 0) is 28.3 Å². The largest absolute Gasteiger partial charge is 0.481 e. The zero-order valence-electron chi connectivity index (χ0n) is 14.2. The third-order valence-corrected chi connectivity index (χ3v) is 3.97. The summed E-state index contributed by atoms with van der Waals surface area (Å²) in [7, 11) is 1.57. The Balaban J connectivity index is 1.43. The molecule has 0 spiro atoms. The number of nitrogens with one attached hydrogen (secondary N) is 2. The summed E-state index contributed by atoms with van der Waals surface area (Å²) in [6, 6.07) is 18.1. The maximum absolute atomic E-state index is 11.9. The standard InChI is InChI=1S/C20H21N3O2/c1-25-19-9-7-16(13-22-19)14-23-20(24)21-11-10-15-6-8-17-4-2-3-5-18(17)12-15/h2-9,12-13H,10-11,14H2,1H3,(H2,21,23,24). The Morgan fingerprint density at radius 1 is 1.00 bits per heavy atom. The van der Waals surface area contributed by atoms with Crippen LogP contribution in [0.1, 0.15) is 11.1 Å². The fourth-order valence-corrected chi connectivity index (χ4v) is 2.60. The maximum atomic E-state index is 11.9. The smallest absolute Gasteiger partial charge is 0.315 e. The highest BCUT2D eigenvalue weighted by molar-refractivity contribution is 5.83. The first kappa shape index (κ1) is 16.8. The Bertz CT molecular complexity index is 847. The molecule has 5 heteroatoms. The Labute approximate surface area is 147 Å². The molecule has 0 atom stereocenters. The van der Waals surface area contributed by atoms with E-state index in [9.17, 15) is 4.79 Å². The summed E-state index contributed by atoms with van der Waals surface area (Å²) < 4.78 is 5.01. The van der Waals surface area contributed by atoms with Gasteiger partial charge in [0.2, 0.25) is 5.88 Å². The molecule has 3 aromatic rings. The molecule has 2 amide bonds. The van der Waals surface area contributed by atoms with Crippen LogP contribution in [-0.2, 0) is 13.0 Å². The number of carbonyl (C=O) groups is 1. The van der Waals surface area contributed by atoms with Crippen LogP contribution in [0.25, 0.3) is 10.8 Å². The van der Waals surface area contributed by atoms with E-state index in [4.69, 9.17) is 4.74 Å². The van der Waals surface area contributed by atoms with E-state index in [2.05, 4.69) is 45.9 Å². The molecule has 0 bridgehead atoms. The van der Waals surface area contributed by atoms with Gasteiger partial charge in [0.1, 0.15) is 0 Å². The van der Waals surface area contributed by atoms with Gasteiger partial charge in [-0.2, -0.15) is 0 Å². The second kappa shape index (κ2) is 8.15. The molecule has 128 valence electrons. The molecule has 0 aliphatic rings. The number of nitrogens with zero attached hydrogens (tertiary/aromatic N) is 1. The number of methoxy groups -OCH3 is 1. The summed E-state index contributed by atoms with van der Waals surface area (Å²) in [5.74, 6) is 0.559. The predicted octanol–water partition coefficient (Wildman–Crippen LogP) is 3.29. The van der Waals surface area contributed by atoms with Gasteiger partial charge in [-0.25, -0.2) is 9.78 Å². The minimum absolute atomic E-state index is 0.184. The molecule has 0 aliphatic carbocycles. The zero-order valence-corrected chi connectivity index (χ0v) is 14.2. The predicted molar refractivity (Wildman–Crippen MR) is 98.7 cm³/mol. The minimum Gasteiger partial charge on any atom is -0.481 e. The van der Waals surface area contributed by atoms with Crippen LogP contribution < -0.4 is 15.4 Å². The number of benzene rings is 2. The van der Waals surface area contributed by atoms with Crippen molar-refractivity contribution in [3.8, 4) is 5.88 Å². The average Bonchev–Trinajstić information content (AvgIpc) is 2.66. The molecule has 1 aromatic heterocycles. The molecule has 0 fully saturated rings. The molecule has 3 rings (SSSR count). The highest BCUT2D eigenvalue weighted by Crippen LogP contribution is 2.15. The van der Waals surface area contributed by atoms with Crippen molar-refractivity contribution in [1.82, 2.24) is 15.6 Å². The van der Waals surface area contributed by atoms with Crippen LogP contribution in [0.15, 0.2) is 60.8 Å². The van der Waals surface area contributed by atoms with Crippen molar-refractivity contribution in [2.45, 2.75) is 13.0 Å². The number of ether oxygens (including phenoxy) is 1. The van der Waals surface area contributed by atoms with Gasteiger partial charge < -0.3 is 15.4 Å². The first-order valence-electron chi connectivity index (χ1n) is 8.23. The Hall–Kier alpha value is -3.08. The number of amides is 2. The van der Waals surface area contributed by atoms with Crippen molar-refractivity contribution in [3.63, 3.8) is 0 Å². The van der Waals surface area contributed by atoms with Crippen molar-refractivity contribution in [3.05, 3.63) is 71.9 Å². The second-order valence-electron chi connectivity index (χ2n) is 5.75. The lowest BCUT2D eigenvalue weighted by Crippen LogP contribution is -2.36. The highest BCUT2D eigenvalue weighted by Gasteiger charge is 2.02. The number of urea groups is 1. The van der Waals surface area contributed by atoms with Crippen LogP contribution >= 0.6 is 0 Å². The number of hydrogen-bond donors (Lipinski definition) is 2. The number of hydrogen-bond acceptors (Lipinski definition) is 3. The first-order valence-corrected chi connectivity index (χ1v) is 8.23. The average molecular weight is 335 g/mol. The third kappa shape index (κ3) is 4.70. The molecule has 2 N–H and O–H groups in total. The number of aromatic nitrogens is 1. The van der Waals surface area contributed by atoms with Gasteiger partial charge in [0.25, 0.3) is 0 Å². The molecule has 0 unspecified atom stereocenters. The molecule has 5 nitrogen and oxygen atoms in total. The van der Waals surface area contributed by atoms with Crippen LogP contribution in [0, 0.1) is 0 Å². The zero-order chi connectivity index (χ0) is 17.5. The van der Waals surface area contributed by atoms with Crippen molar-refractivity contribution >= 4 is 16.8 Å². The fraction of sp³-hybridized carbons (Fsp3) is 0.200. The summed E-state index contributed by atoms with van der Waals surface area (Å²) in [6.07, 6.45) is 2.48. The lowest BCUT2D eigenvalue weighted by atomic mass is 10.1. The van der Waals surface area contributed by atoms with Gasteiger partial charge in [0.15, 0.2) is 0 Å². The molecule has 0 aliphatic heterocycles. The summed E-state index contributed by atoms with van der Waals surface area (Å²) >= 11 is 0.